The van der Waals surface area contributed by atoms with Crippen LogP contribution >= 0.6 is 0 Å². The van der Waals surface area contributed by atoms with E-state index in [2.05, 4.69) is 19.9 Å². The van der Waals surface area contributed by atoms with Gasteiger partial charge in [0.15, 0.2) is 6.29 Å². The Balaban J connectivity index is 2.43. The molecule has 1 fully saturated rings. The molecule has 0 amide bonds. The van der Waals surface area contributed by atoms with Crippen LogP contribution in [0.5, 0.6) is 0 Å². The lowest BCUT2D eigenvalue weighted by molar-refractivity contribution is -0.157. The van der Waals surface area contributed by atoms with Crippen molar-refractivity contribution < 1.29 is 9.47 Å². The van der Waals surface area contributed by atoms with Gasteiger partial charge in [-0.3, -0.25) is 0 Å². The minimum absolute atomic E-state index is 0.0506. The minimum Gasteiger partial charge on any atom is -0.349 e. The predicted octanol–water partition coefficient (Wildman–Crippen LogP) is 2.89. The van der Waals surface area contributed by atoms with Crippen LogP contribution in [0.25, 0.3) is 0 Å². The van der Waals surface area contributed by atoms with Crippen LogP contribution in [0.1, 0.15) is 39.5 Å². The fraction of sp³-hybridized carbons (Fsp3) is 0.818. The summed E-state index contributed by atoms with van der Waals surface area (Å²) in [6, 6.07) is 0. The number of unbranched alkanes of at least 4 members (excludes halogenated alkanes) is 1. The first-order valence-electron chi connectivity index (χ1n) is 5.30. The molecule has 1 rings (SSSR count). The second-order valence-corrected chi connectivity index (χ2v) is 3.35. The van der Waals surface area contributed by atoms with Gasteiger partial charge >= 0.3 is 0 Å². The molecule has 1 heterocycles. The van der Waals surface area contributed by atoms with Crippen LogP contribution < -0.4 is 0 Å². The topological polar surface area (TPSA) is 18.5 Å². The molecule has 0 aromatic rings. The van der Waals surface area contributed by atoms with E-state index in [0.29, 0.717) is 0 Å². The summed E-state index contributed by atoms with van der Waals surface area (Å²) in [5, 5.41) is 0. The largest absolute Gasteiger partial charge is 0.349 e. The Kier molecular flexibility index (Phi) is 5.09. The van der Waals surface area contributed by atoms with Gasteiger partial charge in [-0.25, -0.2) is 0 Å². The predicted molar refractivity (Wildman–Crippen MR) is 53.6 cm³/mol. The lowest BCUT2D eigenvalue weighted by Gasteiger charge is -2.25. The summed E-state index contributed by atoms with van der Waals surface area (Å²) in [5.41, 5.74) is 1.31. The number of ether oxygens (including phenoxy) is 2. The third-order valence-corrected chi connectivity index (χ3v) is 2.23. The van der Waals surface area contributed by atoms with Gasteiger partial charge in [0.25, 0.3) is 0 Å². The highest BCUT2D eigenvalue weighted by molar-refractivity contribution is 5.05. The van der Waals surface area contributed by atoms with Crippen LogP contribution in [0, 0.1) is 0 Å². The van der Waals surface area contributed by atoms with Crippen LogP contribution in [0.3, 0.4) is 0 Å². The molecule has 0 saturated carbocycles. The van der Waals surface area contributed by atoms with E-state index in [1.807, 2.05) is 0 Å². The fourth-order valence-corrected chi connectivity index (χ4v) is 1.44. The van der Waals surface area contributed by atoms with E-state index >= 15 is 0 Å². The maximum atomic E-state index is 5.54. The van der Waals surface area contributed by atoms with Crippen molar-refractivity contribution in [3.8, 4) is 0 Å². The van der Waals surface area contributed by atoms with E-state index in [-0.39, 0.29) is 6.29 Å². The highest BCUT2D eigenvalue weighted by atomic mass is 16.7. The minimum atomic E-state index is -0.0506. The monoisotopic (exact) mass is 184 g/mol. The summed E-state index contributed by atoms with van der Waals surface area (Å²) in [6.07, 6.45) is 6.59. The standard InChI is InChI=1S/C11H20O2/c1-3-5-7-10(4-2)11-12-8-6-9-13-11/h7,11H,3-6,8-9H2,1-2H3/b10-7+. The molecule has 1 aliphatic rings. The first kappa shape index (κ1) is 10.7. The van der Waals surface area contributed by atoms with Crippen molar-refractivity contribution in [2.45, 2.75) is 45.8 Å². The van der Waals surface area contributed by atoms with Gasteiger partial charge in [0.1, 0.15) is 0 Å². The molecular formula is C11H20O2. The number of rotatable bonds is 4. The molecule has 0 radical (unpaired) electrons. The van der Waals surface area contributed by atoms with Gasteiger partial charge in [0.05, 0.1) is 13.2 Å². The zero-order chi connectivity index (χ0) is 9.52. The molecule has 0 spiro atoms. The Bertz CT molecular complexity index is 157. The fourth-order valence-electron chi connectivity index (χ4n) is 1.44. The summed E-state index contributed by atoms with van der Waals surface area (Å²) >= 11 is 0. The highest BCUT2D eigenvalue weighted by Gasteiger charge is 2.16. The van der Waals surface area contributed by atoms with Gasteiger partial charge in [-0.05, 0) is 24.8 Å². The Hall–Kier alpha value is -0.340. The van der Waals surface area contributed by atoms with E-state index in [1.54, 1.807) is 0 Å². The molecule has 1 saturated heterocycles. The molecule has 0 aliphatic carbocycles. The van der Waals surface area contributed by atoms with E-state index in [0.717, 1.165) is 32.5 Å². The smallest absolute Gasteiger partial charge is 0.179 e. The second-order valence-electron chi connectivity index (χ2n) is 3.35. The van der Waals surface area contributed by atoms with Gasteiger partial charge in [-0.1, -0.05) is 26.3 Å². The van der Waals surface area contributed by atoms with E-state index in [1.165, 1.54) is 12.0 Å². The van der Waals surface area contributed by atoms with E-state index in [4.69, 9.17) is 9.47 Å². The molecule has 0 unspecified atom stereocenters. The van der Waals surface area contributed by atoms with Crippen LogP contribution in [0.2, 0.25) is 0 Å². The Morgan fingerprint density at radius 1 is 1.31 bits per heavy atom. The number of hydrogen-bond donors (Lipinski definition) is 0. The average molecular weight is 184 g/mol. The zero-order valence-electron chi connectivity index (χ0n) is 8.71. The third-order valence-electron chi connectivity index (χ3n) is 2.23. The Labute approximate surface area is 80.9 Å². The molecule has 0 aromatic carbocycles. The quantitative estimate of drug-likeness (QED) is 0.625. The van der Waals surface area contributed by atoms with Gasteiger partial charge in [0, 0.05) is 0 Å². The van der Waals surface area contributed by atoms with E-state index in [9.17, 15) is 0 Å². The molecule has 76 valence electrons. The zero-order valence-corrected chi connectivity index (χ0v) is 8.71. The Morgan fingerprint density at radius 3 is 2.54 bits per heavy atom. The molecule has 0 N–H and O–H groups in total. The van der Waals surface area contributed by atoms with E-state index < -0.39 is 0 Å². The molecular weight excluding hydrogens is 164 g/mol. The van der Waals surface area contributed by atoms with Gasteiger partial charge < -0.3 is 9.47 Å². The van der Waals surface area contributed by atoms with Gasteiger partial charge in [0.2, 0.25) is 0 Å². The summed E-state index contributed by atoms with van der Waals surface area (Å²) in [7, 11) is 0. The van der Waals surface area contributed by atoms with Crippen LogP contribution in [-0.2, 0) is 9.47 Å². The number of hydrogen-bond acceptors (Lipinski definition) is 2. The second kappa shape index (κ2) is 6.17. The van der Waals surface area contributed by atoms with Crippen molar-refractivity contribution in [2.75, 3.05) is 13.2 Å². The summed E-state index contributed by atoms with van der Waals surface area (Å²) in [4.78, 5) is 0. The lowest BCUT2D eigenvalue weighted by atomic mass is 10.1. The Morgan fingerprint density at radius 2 is 2.00 bits per heavy atom. The van der Waals surface area contributed by atoms with Crippen LogP contribution in [0.15, 0.2) is 11.6 Å². The molecule has 13 heavy (non-hydrogen) atoms. The molecule has 1 aliphatic heterocycles. The van der Waals surface area contributed by atoms with Gasteiger partial charge in [-0.15, -0.1) is 0 Å². The lowest BCUT2D eigenvalue weighted by Crippen LogP contribution is -2.26. The first-order valence-corrected chi connectivity index (χ1v) is 5.30. The molecule has 0 bridgehead atoms. The molecule has 0 aromatic heterocycles. The first-order chi connectivity index (χ1) is 6.38. The normalized spacial score (nSPS) is 20.6. The van der Waals surface area contributed by atoms with Crippen molar-refractivity contribution >= 4 is 0 Å². The highest BCUT2D eigenvalue weighted by Crippen LogP contribution is 2.17. The SMILES string of the molecule is CCC/C=C(\CC)C1OCCCO1. The molecule has 2 nitrogen and oxygen atoms in total. The van der Waals surface area contributed by atoms with Crippen LogP contribution in [0.4, 0.5) is 0 Å². The van der Waals surface area contributed by atoms with Crippen LogP contribution in [-0.4, -0.2) is 19.5 Å². The summed E-state index contributed by atoms with van der Waals surface area (Å²) in [5.74, 6) is 0. The maximum absolute atomic E-state index is 5.54. The molecule has 2 heteroatoms. The average Bonchev–Trinajstić information content (AvgIpc) is 2.21. The van der Waals surface area contributed by atoms with Crippen molar-refractivity contribution in [1.29, 1.82) is 0 Å². The number of allylic oxidation sites excluding steroid dienone is 1. The molecule has 0 atom stereocenters. The van der Waals surface area contributed by atoms with Crippen molar-refractivity contribution in [2.24, 2.45) is 0 Å². The van der Waals surface area contributed by atoms with Crippen molar-refractivity contribution in [3.05, 3.63) is 11.6 Å². The summed E-state index contributed by atoms with van der Waals surface area (Å²) in [6.45, 7) is 6.03. The maximum Gasteiger partial charge on any atom is 0.179 e. The summed E-state index contributed by atoms with van der Waals surface area (Å²) < 4.78 is 11.1. The van der Waals surface area contributed by atoms with Gasteiger partial charge in [-0.2, -0.15) is 0 Å². The van der Waals surface area contributed by atoms with Crippen molar-refractivity contribution in [3.63, 3.8) is 0 Å². The third kappa shape index (κ3) is 3.49. The van der Waals surface area contributed by atoms with Crippen molar-refractivity contribution in [1.82, 2.24) is 0 Å².